The van der Waals surface area contributed by atoms with Crippen LogP contribution in [0.2, 0.25) is 0 Å². The van der Waals surface area contributed by atoms with Crippen molar-refractivity contribution in [3.8, 4) is 5.75 Å². The highest BCUT2D eigenvalue weighted by atomic mass is 79.9. The molecule has 2 rings (SSSR count). The number of morpholine rings is 1. The van der Waals surface area contributed by atoms with Gasteiger partial charge in [-0.1, -0.05) is 0 Å². The summed E-state index contributed by atoms with van der Waals surface area (Å²) in [7, 11) is 1.59. The van der Waals surface area contributed by atoms with Crippen LogP contribution in [-0.4, -0.2) is 38.3 Å². The van der Waals surface area contributed by atoms with Crippen molar-refractivity contribution in [1.82, 2.24) is 5.32 Å². The van der Waals surface area contributed by atoms with Gasteiger partial charge >= 0.3 is 0 Å². The molecular formula is C13H18BrClN2O3. The van der Waals surface area contributed by atoms with E-state index in [2.05, 4.69) is 26.6 Å². The van der Waals surface area contributed by atoms with Crippen LogP contribution in [-0.2, 0) is 9.53 Å². The lowest BCUT2D eigenvalue weighted by Crippen LogP contribution is -2.53. The molecule has 0 saturated carbocycles. The first kappa shape index (κ1) is 17.2. The van der Waals surface area contributed by atoms with Crippen molar-refractivity contribution in [3.05, 3.63) is 22.7 Å². The maximum atomic E-state index is 12.2. The van der Waals surface area contributed by atoms with Gasteiger partial charge in [-0.05, 0) is 35.0 Å². The van der Waals surface area contributed by atoms with Crippen molar-refractivity contribution in [1.29, 1.82) is 0 Å². The van der Waals surface area contributed by atoms with Crippen molar-refractivity contribution in [3.63, 3.8) is 0 Å². The number of amides is 1. The normalized spacial score (nSPS) is 21.8. The number of halogens is 2. The van der Waals surface area contributed by atoms with E-state index < -0.39 is 0 Å². The summed E-state index contributed by atoms with van der Waals surface area (Å²) in [5.74, 6) is 0.579. The number of hydrogen-bond donors (Lipinski definition) is 2. The Bertz CT molecular complexity index is 473. The second-order valence-electron chi connectivity index (χ2n) is 4.35. The van der Waals surface area contributed by atoms with Crippen LogP contribution in [0.25, 0.3) is 0 Å². The zero-order valence-electron chi connectivity index (χ0n) is 11.3. The molecule has 1 aromatic rings. The summed E-state index contributed by atoms with van der Waals surface area (Å²) >= 11 is 3.37. The van der Waals surface area contributed by atoms with Crippen LogP contribution in [0.5, 0.6) is 5.75 Å². The van der Waals surface area contributed by atoms with Gasteiger partial charge in [0, 0.05) is 18.3 Å². The van der Waals surface area contributed by atoms with Crippen molar-refractivity contribution in [2.45, 2.75) is 19.1 Å². The van der Waals surface area contributed by atoms with E-state index in [-0.39, 0.29) is 30.5 Å². The van der Waals surface area contributed by atoms with Crippen LogP contribution in [0.15, 0.2) is 22.7 Å². The summed E-state index contributed by atoms with van der Waals surface area (Å²) in [5.41, 5.74) is 0.699. The first-order chi connectivity index (χ1) is 9.11. The Morgan fingerprint density at radius 2 is 2.30 bits per heavy atom. The quantitative estimate of drug-likeness (QED) is 0.862. The van der Waals surface area contributed by atoms with Gasteiger partial charge < -0.3 is 20.1 Å². The largest absolute Gasteiger partial charge is 0.495 e. The molecule has 0 radical (unpaired) electrons. The molecule has 0 aliphatic carbocycles. The summed E-state index contributed by atoms with van der Waals surface area (Å²) in [6.07, 6.45) is -0.133. The van der Waals surface area contributed by atoms with E-state index in [1.54, 1.807) is 13.2 Å². The molecule has 0 unspecified atom stereocenters. The van der Waals surface area contributed by atoms with Gasteiger partial charge in [0.2, 0.25) is 5.91 Å². The van der Waals surface area contributed by atoms with Crippen molar-refractivity contribution in [2.75, 3.05) is 25.6 Å². The molecule has 1 fully saturated rings. The number of benzene rings is 1. The number of nitrogens with one attached hydrogen (secondary N) is 2. The van der Waals surface area contributed by atoms with E-state index in [1.165, 1.54) is 0 Å². The molecule has 112 valence electrons. The minimum absolute atomic E-state index is 0. The van der Waals surface area contributed by atoms with E-state index in [9.17, 15) is 4.79 Å². The molecule has 1 saturated heterocycles. The van der Waals surface area contributed by atoms with E-state index in [4.69, 9.17) is 9.47 Å². The fourth-order valence-corrected chi connectivity index (χ4v) is 2.39. The smallest absolute Gasteiger partial charge is 0.244 e. The van der Waals surface area contributed by atoms with Crippen LogP contribution < -0.4 is 15.4 Å². The summed E-state index contributed by atoms with van der Waals surface area (Å²) in [6.45, 7) is 3.21. The lowest BCUT2D eigenvalue weighted by Gasteiger charge is -2.29. The number of ether oxygens (including phenoxy) is 2. The first-order valence-electron chi connectivity index (χ1n) is 6.11. The summed E-state index contributed by atoms with van der Waals surface area (Å²) < 4.78 is 11.5. The summed E-state index contributed by atoms with van der Waals surface area (Å²) in [5, 5.41) is 6.01. The fourth-order valence-electron chi connectivity index (χ4n) is 1.98. The first-order valence-corrected chi connectivity index (χ1v) is 6.90. The third-order valence-electron chi connectivity index (χ3n) is 3.02. The van der Waals surface area contributed by atoms with E-state index >= 15 is 0 Å². The fraction of sp³-hybridized carbons (Fsp3) is 0.462. The van der Waals surface area contributed by atoms with Gasteiger partial charge in [-0.25, -0.2) is 0 Å². The third-order valence-corrected chi connectivity index (χ3v) is 3.67. The average Bonchev–Trinajstić information content (AvgIpc) is 2.41. The second-order valence-corrected chi connectivity index (χ2v) is 5.20. The van der Waals surface area contributed by atoms with E-state index in [0.717, 1.165) is 4.47 Å². The molecule has 1 amide bonds. The van der Waals surface area contributed by atoms with Crippen molar-refractivity contribution in [2.24, 2.45) is 0 Å². The number of carbonyl (C=O) groups is 1. The van der Waals surface area contributed by atoms with Crippen LogP contribution >= 0.6 is 28.3 Å². The maximum Gasteiger partial charge on any atom is 0.244 e. The standard InChI is InChI=1S/C13H17BrN2O3.ClH/c1-8-12(15-5-6-19-8)13(17)16-9-3-4-10(14)11(7-9)18-2;/h3-4,7-8,12,15H,5-6H2,1-2H3,(H,16,17);1H/t8-,12+;/m1./s1. The SMILES string of the molecule is COc1cc(NC(=O)[C@H]2NCCO[C@@H]2C)ccc1Br.Cl. The van der Waals surface area contributed by atoms with E-state index in [1.807, 2.05) is 19.1 Å². The lowest BCUT2D eigenvalue weighted by molar-refractivity contribution is -0.123. The van der Waals surface area contributed by atoms with Gasteiger partial charge in [0.15, 0.2) is 0 Å². The molecular weight excluding hydrogens is 348 g/mol. The number of hydrogen-bond acceptors (Lipinski definition) is 4. The summed E-state index contributed by atoms with van der Waals surface area (Å²) in [4.78, 5) is 12.2. The Kier molecular flexibility index (Phi) is 6.75. The molecule has 2 N–H and O–H groups in total. The van der Waals surface area contributed by atoms with Crippen LogP contribution in [0.3, 0.4) is 0 Å². The predicted octanol–water partition coefficient (Wildman–Crippen LogP) is 2.19. The highest BCUT2D eigenvalue weighted by molar-refractivity contribution is 9.10. The minimum atomic E-state index is -0.330. The molecule has 7 heteroatoms. The minimum Gasteiger partial charge on any atom is -0.495 e. The van der Waals surface area contributed by atoms with Gasteiger partial charge in [0.25, 0.3) is 0 Å². The second kappa shape index (κ2) is 7.83. The number of rotatable bonds is 3. The highest BCUT2D eigenvalue weighted by Crippen LogP contribution is 2.28. The molecule has 0 spiro atoms. The predicted molar refractivity (Wildman–Crippen MR) is 83.8 cm³/mol. The van der Waals surface area contributed by atoms with Crippen LogP contribution in [0, 0.1) is 0 Å². The molecule has 2 atom stereocenters. The Hall–Kier alpha value is -0.820. The van der Waals surface area contributed by atoms with Crippen molar-refractivity contribution < 1.29 is 14.3 Å². The number of anilines is 1. The van der Waals surface area contributed by atoms with Gasteiger partial charge in [0.1, 0.15) is 11.8 Å². The topological polar surface area (TPSA) is 59.6 Å². The zero-order chi connectivity index (χ0) is 13.8. The number of carbonyl (C=O) groups excluding carboxylic acids is 1. The Morgan fingerprint density at radius 3 is 2.95 bits per heavy atom. The van der Waals surface area contributed by atoms with Gasteiger partial charge in [-0.3, -0.25) is 4.79 Å². The van der Waals surface area contributed by atoms with Gasteiger partial charge in [-0.2, -0.15) is 0 Å². The van der Waals surface area contributed by atoms with Crippen LogP contribution in [0.4, 0.5) is 5.69 Å². The molecule has 1 aliphatic rings. The van der Waals surface area contributed by atoms with Gasteiger partial charge in [-0.15, -0.1) is 12.4 Å². The summed E-state index contributed by atoms with van der Waals surface area (Å²) in [6, 6.07) is 5.10. The number of methoxy groups -OCH3 is 1. The molecule has 5 nitrogen and oxygen atoms in total. The average molecular weight is 366 g/mol. The molecule has 0 aromatic heterocycles. The Morgan fingerprint density at radius 1 is 1.55 bits per heavy atom. The van der Waals surface area contributed by atoms with E-state index in [0.29, 0.717) is 24.6 Å². The molecule has 1 aliphatic heterocycles. The third kappa shape index (κ3) is 4.09. The molecule has 1 aromatic carbocycles. The molecule has 0 bridgehead atoms. The molecule has 1 heterocycles. The Balaban J connectivity index is 0.00000200. The highest BCUT2D eigenvalue weighted by Gasteiger charge is 2.28. The maximum absolute atomic E-state index is 12.2. The monoisotopic (exact) mass is 364 g/mol. The zero-order valence-corrected chi connectivity index (χ0v) is 13.7. The molecule has 20 heavy (non-hydrogen) atoms. The lowest BCUT2D eigenvalue weighted by atomic mass is 10.1. The van der Waals surface area contributed by atoms with Crippen LogP contribution in [0.1, 0.15) is 6.92 Å². The Labute approximate surface area is 132 Å². The van der Waals surface area contributed by atoms with Gasteiger partial charge in [0.05, 0.1) is 24.3 Å². The van der Waals surface area contributed by atoms with Crippen molar-refractivity contribution >= 4 is 39.9 Å².